The Bertz CT molecular complexity index is 1000. The van der Waals surface area contributed by atoms with E-state index >= 15 is 0 Å². The predicted octanol–water partition coefficient (Wildman–Crippen LogP) is 5.68. The van der Waals surface area contributed by atoms with Crippen LogP contribution < -0.4 is 0 Å². The van der Waals surface area contributed by atoms with Crippen molar-refractivity contribution in [2.24, 2.45) is 0 Å². The molecule has 29 heavy (non-hydrogen) atoms. The van der Waals surface area contributed by atoms with E-state index in [0.717, 1.165) is 22.3 Å². The van der Waals surface area contributed by atoms with Crippen molar-refractivity contribution in [2.75, 3.05) is 13.2 Å². The molecule has 0 fully saturated rings. The van der Waals surface area contributed by atoms with Crippen molar-refractivity contribution in [1.29, 1.82) is 0 Å². The molecular weight excluding hydrogens is 364 g/mol. The monoisotopic (exact) mass is 388 g/mol. The number of hydrogen-bond donors (Lipinski definition) is 0. The molecule has 3 rings (SSSR count). The molecule has 0 aliphatic rings. The molecule has 0 saturated heterocycles. The smallest absolute Gasteiger partial charge is 0.339 e. The fraction of sp³-hybridized carbons (Fsp3) is 0.200. The van der Waals surface area contributed by atoms with Crippen molar-refractivity contribution in [1.82, 2.24) is 0 Å². The Hall–Kier alpha value is -3.40. The first-order valence-electron chi connectivity index (χ1n) is 9.69. The van der Waals surface area contributed by atoms with Crippen LogP contribution in [0.3, 0.4) is 0 Å². The molecule has 0 heterocycles. The lowest BCUT2D eigenvalue weighted by atomic mass is 9.96. The van der Waals surface area contributed by atoms with Gasteiger partial charge in [0.05, 0.1) is 24.3 Å². The summed E-state index contributed by atoms with van der Waals surface area (Å²) < 4.78 is 10.2. The van der Waals surface area contributed by atoms with Gasteiger partial charge in [0, 0.05) is 0 Å². The number of aryl methyl sites for hydroxylation is 1. The Morgan fingerprint density at radius 1 is 0.621 bits per heavy atom. The van der Waals surface area contributed by atoms with Crippen LogP contribution in [0.2, 0.25) is 0 Å². The minimum atomic E-state index is -0.534. The van der Waals surface area contributed by atoms with Crippen LogP contribution in [-0.4, -0.2) is 25.2 Å². The SMILES string of the molecule is CCOC(=O)c1ccc(-c2ccc(-c3ccc(C)cc3)cc2)cc1C(=O)OCC. The summed E-state index contributed by atoms with van der Waals surface area (Å²) in [6, 6.07) is 21.6. The topological polar surface area (TPSA) is 52.6 Å². The van der Waals surface area contributed by atoms with E-state index in [-0.39, 0.29) is 24.3 Å². The second-order valence-electron chi connectivity index (χ2n) is 6.64. The number of rotatable bonds is 6. The van der Waals surface area contributed by atoms with E-state index in [1.807, 2.05) is 30.3 Å². The summed E-state index contributed by atoms with van der Waals surface area (Å²) in [6.45, 7) is 6.00. The molecule has 4 nitrogen and oxygen atoms in total. The Morgan fingerprint density at radius 2 is 1.03 bits per heavy atom. The van der Waals surface area contributed by atoms with Crippen LogP contribution in [0.15, 0.2) is 66.7 Å². The normalized spacial score (nSPS) is 10.4. The standard InChI is InChI=1S/C25H24O4/c1-4-28-24(26)22-15-14-21(16-23(22)25(27)29-5-2)20-12-10-19(11-13-20)18-8-6-17(3)7-9-18/h6-16H,4-5H2,1-3H3. The second kappa shape index (κ2) is 9.20. The molecule has 0 atom stereocenters. The quantitative estimate of drug-likeness (QED) is 0.510. The molecule has 3 aromatic rings. The lowest BCUT2D eigenvalue weighted by Gasteiger charge is -2.11. The van der Waals surface area contributed by atoms with Crippen molar-refractivity contribution < 1.29 is 19.1 Å². The number of benzene rings is 3. The minimum Gasteiger partial charge on any atom is -0.462 e. The highest BCUT2D eigenvalue weighted by Crippen LogP contribution is 2.27. The number of carbonyl (C=O) groups excluding carboxylic acids is 2. The van der Waals surface area contributed by atoms with E-state index in [9.17, 15) is 9.59 Å². The summed E-state index contributed by atoms with van der Waals surface area (Å²) in [4.78, 5) is 24.6. The molecule has 0 amide bonds. The average Bonchev–Trinajstić information content (AvgIpc) is 2.74. The molecule has 0 spiro atoms. The molecular formula is C25H24O4. The molecule has 0 aliphatic carbocycles. The van der Waals surface area contributed by atoms with Gasteiger partial charge < -0.3 is 9.47 Å². The molecule has 0 unspecified atom stereocenters. The third kappa shape index (κ3) is 4.72. The van der Waals surface area contributed by atoms with E-state index in [0.29, 0.717) is 0 Å². The van der Waals surface area contributed by atoms with Gasteiger partial charge in [-0.3, -0.25) is 0 Å². The Kier molecular flexibility index (Phi) is 6.45. The zero-order valence-corrected chi connectivity index (χ0v) is 16.9. The minimum absolute atomic E-state index is 0.213. The van der Waals surface area contributed by atoms with Crippen LogP contribution in [0.5, 0.6) is 0 Å². The number of esters is 2. The van der Waals surface area contributed by atoms with Crippen LogP contribution in [0.1, 0.15) is 40.1 Å². The molecule has 0 bridgehead atoms. The highest BCUT2D eigenvalue weighted by molar-refractivity contribution is 6.04. The van der Waals surface area contributed by atoms with Gasteiger partial charge in [-0.1, -0.05) is 60.2 Å². The van der Waals surface area contributed by atoms with E-state index in [1.54, 1.807) is 26.0 Å². The largest absolute Gasteiger partial charge is 0.462 e. The summed E-state index contributed by atoms with van der Waals surface area (Å²) in [7, 11) is 0. The Balaban J connectivity index is 1.95. The van der Waals surface area contributed by atoms with Crippen LogP contribution in [0.4, 0.5) is 0 Å². The Labute approximate surface area is 171 Å². The molecule has 0 aromatic heterocycles. The van der Waals surface area contributed by atoms with E-state index in [4.69, 9.17) is 9.47 Å². The maximum absolute atomic E-state index is 12.4. The molecule has 3 aromatic carbocycles. The number of ether oxygens (including phenoxy) is 2. The maximum Gasteiger partial charge on any atom is 0.339 e. The van der Waals surface area contributed by atoms with Gasteiger partial charge in [-0.2, -0.15) is 0 Å². The first kappa shape index (κ1) is 20.3. The number of hydrogen-bond acceptors (Lipinski definition) is 4. The lowest BCUT2D eigenvalue weighted by Crippen LogP contribution is -2.14. The Morgan fingerprint density at radius 3 is 1.55 bits per heavy atom. The number of carbonyl (C=O) groups is 2. The van der Waals surface area contributed by atoms with E-state index in [1.165, 1.54) is 5.56 Å². The van der Waals surface area contributed by atoms with Crippen molar-refractivity contribution in [3.05, 3.63) is 83.4 Å². The zero-order valence-electron chi connectivity index (χ0n) is 16.9. The van der Waals surface area contributed by atoms with Gasteiger partial charge in [0.15, 0.2) is 0 Å². The fourth-order valence-corrected chi connectivity index (χ4v) is 3.09. The summed E-state index contributed by atoms with van der Waals surface area (Å²) in [5, 5.41) is 0. The van der Waals surface area contributed by atoms with Crippen LogP contribution in [0, 0.1) is 6.92 Å². The summed E-state index contributed by atoms with van der Waals surface area (Å²) in [5.41, 5.74) is 5.68. The molecule has 0 radical (unpaired) electrons. The van der Waals surface area contributed by atoms with Crippen LogP contribution in [0.25, 0.3) is 22.3 Å². The summed E-state index contributed by atoms with van der Waals surface area (Å²) >= 11 is 0. The van der Waals surface area contributed by atoms with E-state index < -0.39 is 11.9 Å². The van der Waals surface area contributed by atoms with Crippen LogP contribution >= 0.6 is 0 Å². The first-order chi connectivity index (χ1) is 14.0. The molecule has 0 saturated carbocycles. The molecule has 148 valence electrons. The first-order valence-corrected chi connectivity index (χ1v) is 9.69. The van der Waals surface area contributed by atoms with Crippen molar-refractivity contribution >= 4 is 11.9 Å². The van der Waals surface area contributed by atoms with Gasteiger partial charge in [-0.15, -0.1) is 0 Å². The van der Waals surface area contributed by atoms with Gasteiger partial charge in [0.1, 0.15) is 0 Å². The summed E-state index contributed by atoms with van der Waals surface area (Å²) in [6.07, 6.45) is 0. The van der Waals surface area contributed by atoms with Gasteiger partial charge in [-0.25, -0.2) is 9.59 Å². The molecule has 0 aliphatic heterocycles. The van der Waals surface area contributed by atoms with E-state index in [2.05, 4.69) is 31.2 Å². The predicted molar refractivity (Wildman–Crippen MR) is 114 cm³/mol. The maximum atomic E-state index is 12.4. The fourth-order valence-electron chi connectivity index (χ4n) is 3.09. The second-order valence-corrected chi connectivity index (χ2v) is 6.64. The van der Waals surface area contributed by atoms with Gasteiger partial charge in [0.25, 0.3) is 0 Å². The average molecular weight is 388 g/mol. The van der Waals surface area contributed by atoms with Gasteiger partial charge >= 0.3 is 11.9 Å². The molecule has 0 N–H and O–H groups in total. The third-order valence-electron chi connectivity index (χ3n) is 4.61. The van der Waals surface area contributed by atoms with Gasteiger partial charge in [0.2, 0.25) is 0 Å². The zero-order chi connectivity index (χ0) is 20.8. The molecule has 4 heteroatoms. The highest BCUT2D eigenvalue weighted by Gasteiger charge is 2.20. The van der Waals surface area contributed by atoms with Gasteiger partial charge in [-0.05, 0) is 55.2 Å². The van der Waals surface area contributed by atoms with Crippen molar-refractivity contribution in [2.45, 2.75) is 20.8 Å². The summed E-state index contributed by atoms with van der Waals surface area (Å²) in [5.74, 6) is -1.06. The third-order valence-corrected chi connectivity index (χ3v) is 4.61. The lowest BCUT2D eigenvalue weighted by molar-refractivity contribution is 0.0479. The van der Waals surface area contributed by atoms with Crippen molar-refractivity contribution in [3.8, 4) is 22.3 Å². The van der Waals surface area contributed by atoms with Crippen LogP contribution in [-0.2, 0) is 9.47 Å². The highest BCUT2D eigenvalue weighted by atomic mass is 16.5. The van der Waals surface area contributed by atoms with Crippen molar-refractivity contribution in [3.63, 3.8) is 0 Å².